The predicted molar refractivity (Wildman–Crippen MR) is 187 cm³/mol. The molecule has 1 amide bonds. The summed E-state index contributed by atoms with van der Waals surface area (Å²) in [7, 11) is 3.13. The molecule has 1 unspecified atom stereocenters. The van der Waals surface area contributed by atoms with Crippen molar-refractivity contribution < 1.29 is 32.9 Å². The number of fused-ring (bicyclic) bond motifs is 4. The minimum atomic E-state index is -1.00. The van der Waals surface area contributed by atoms with Crippen LogP contribution in [0.25, 0.3) is 44.3 Å². The SMILES string of the molecule is CCc1c(F)ccc2cc(O)cc(-c3ncc4c(-c5c6c(nn5C(=O)N(C)C)C(O)CCNC6)nc(OC[C@@]56CCCN5C[C@H](F)C6)nc4c3F)c12. The minimum Gasteiger partial charge on any atom is -0.508 e. The molecule has 8 rings (SSSR count). The van der Waals surface area contributed by atoms with Gasteiger partial charge in [-0.3, -0.25) is 9.88 Å². The number of alkyl halides is 1. The van der Waals surface area contributed by atoms with Gasteiger partial charge in [0.25, 0.3) is 0 Å². The first kappa shape index (κ1) is 34.2. The molecule has 0 spiro atoms. The normalized spacial score (nSPS) is 21.8. The Labute approximate surface area is 297 Å². The van der Waals surface area contributed by atoms with Crippen molar-refractivity contribution in [3.05, 3.63) is 58.9 Å². The van der Waals surface area contributed by atoms with Gasteiger partial charge in [-0.1, -0.05) is 13.0 Å². The summed E-state index contributed by atoms with van der Waals surface area (Å²) >= 11 is 0. The molecule has 2 saturated heterocycles. The van der Waals surface area contributed by atoms with Gasteiger partial charge in [-0.25, -0.2) is 18.0 Å². The molecule has 5 aromatic rings. The second-order valence-electron chi connectivity index (χ2n) is 14.2. The van der Waals surface area contributed by atoms with E-state index < -0.39 is 35.5 Å². The number of aromatic hydroxyl groups is 1. The zero-order valence-corrected chi connectivity index (χ0v) is 29.1. The molecular formula is C37H39F3N8O4. The lowest BCUT2D eigenvalue weighted by atomic mass is 9.94. The molecule has 2 fully saturated rings. The van der Waals surface area contributed by atoms with E-state index in [1.54, 1.807) is 21.0 Å². The number of amides is 1. The van der Waals surface area contributed by atoms with E-state index >= 15 is 8.78 Å². The molecule has 3 aliphatic heterocycles. The molecule has 3 N–H and O–H groups in total. The lowest BCUT2D eigenvalue weighted by Crippen LogP contribution is -2.43. The smallest absolute Gasteiger partial charge is 0.344 e. The van der Waals surface area contributed by atoms with E-state index in [1.165, 1.54) is 35.4 Å². The highest BCUT2D eigenvalue weighted by molar-refractivity contribution is 6.02. The number of phenolic OH excluding ortho intramolecular Hbond substituents is 1. The van der Waals surface area contributed by atoms with Gasteiger partial charge < -0.3 is 25.2 Å². The maximum Gasteiger partial charge on any atom is 0.344 e. The van der Waals surface area contributed by atoms with Crippen molar-refractivity contribution in [3.8, 4) is 34.4 Å². The number of nitrogens with zero attached hydrogens (tertiary/aromatic N) is 7. The van der Waals surface area contributed by atoms with Crippen molar-refractivity contribution in [2.75, 3.05) is 40.3 Å². The van der Waals surface area contributed by atoms with Crippen LogP contribution in [-0.2, 0) is 13.0 Å². The van der Waals surface area contributed by atoms with Crippen LogP contribution in [0.2, 0.25) is 0 Å². The number of aromatic nitrogens is 5. The van der Waals surface area contributed by atoms with Gasteiger partial charge in [-0.15, -0.1) is 0 Å². The van der Waals surface area contributed by atoms with Crippen LogP contribution < -0.4 is 10.1 Å². The number of ether oxygens (including phenoxy) is 1. The molecule has 3 aromatic heterocycles. The van der Waals surface area contributed by atoms with E-state index in [1.807, 2.05) is 0 Å². The lowest BCUT2D eigenvalue weighted by molar-refractivity contribution is 0.107. The van der Waals surface area contributed by atoms with Crippen LogP contribution in [0.3, 0.4) is 0 Å². The van der Waals surface area contributed by atoms with Gasteiger partial charge in [-0.05, 0) is 73.3 Å². The van der Waals surface area contributed by atoms with E-state index in [-0.39, 0.29) is 70.6 Å². The molecular weight excluding hydrogens is 677 g/mol. The molecule has 0 aliphatic carbocycles. The summed E-state index contributed by atoms with van der Waals surface area (Å²) in [4.78, 5) is 30.9. The number of benzene rings is 2. The third-order valence-corrected chi connectivity index (χ3v) is 10.7. The first-order chi connectivity index (χ1) is 25.0. The van der Waals surface area contributed by atoms with Crippen molar-refractivity contribution >= 4 is 27.7 Å². The molecule has 0 radical (unpaired) electrons. The third kappa shape index (κ3) is 5.53. The van der Waals surface area contributed by atoms with Gasteiger partial charge in [0.1, 0.15) is 46.9 Å². The summed E-state index contributed by atoms with van der Waals surface area (Å²) in [5.41, 5.74) is 0.638. The van der Waals surface area contributed by atoms with Gasteiger partial charge in [0, 0.05) is 56.3 Å². The van der Waals surface area contributed by atoms with Crippen LogP contribution in [0.1, 0.15) is 55.5 Å². The van der Waals surface area contributed by atoms with Gasteiger partial charge in [0.15, 0.2) is 5.82 Å². The summed E-state index contributed by atoms with van der Waals surface area (Å²) in [5, 5.41) is 30.6. The standard InChI is InChI=1S/C37H39F3N8O4/c1-4-22-26(39)7-6-19-12-21(49)13-23(28(19)22)31-29(40)32-24(16-42-31)33(44-35(43-32)52-18-37-9-5-11-47(37)17-20(38)14-37)34-25-15-41-10-8-27(50)30(25)45-48(34)36(51)46(2)3/h6-7,12-13,16,20,27,41,49-50H,4-5,8-11,14-15,17-18H2,1-3H3/t20-,27?,37+/m1/s1. The number of phenols is 1. The number of aryl methyl sites for hydroxylation is 1. The highest BCUT2D eigenvalue weighted by Gasteiger charge is 2.49. The van der Waals surface area contributed by atoms with E-state index in [2.05, 4.69) is 25.3 Å². The van der Waals surface area contributed by atoms with Crippen LogP contribution in [0.5, 0.6) is 11.8 Å². The third-order valence-electron chi connectivity index (χ3n) is 10.7. The fraction of sp³-hybridized carbons (Fsp3) is 0.432. The number of pyridine rings is 1. The largest absolute Gasteiger partial charge is 0.508 e. The topological polar surface area (TPSA) is 142 Å². The highest BCUT2D eigenvalue weighted by atomic mass is 19.1. The molecule has 12 nitrogen and oxygen atoms in total. The number of aliphatic hydroxyl groups excluding tert-OH is 1. The summed E-state index contributed by atoms with van der Waals surface area (Å²) in [5.74, 6) is -1.52. The summed E-state index contributed by atoms with van der Waals surface area (Å²) in [6, 6.07) is 4.92. The second-order valence-corrected chi connectivity index (χ2v) is 14.2. The van der Waals surface area contributed by atoms with Gasteiger partial charge in [0.05, 0.1) is 17.3 Å². The number of halogens is 3. The van der Waals surface area contributed by atoms with E-state index in [4.69, 9.17) is 9.72 Å². The maximum absolute atomic E-state index is 17.2. The van der Waals surface area contributed by atoms with Gasteiger partial charge in [-0.2, -0.15) is 19.7 Å². The molecule has 15 heteroatoms. The fourth-order valence-electron chi connectivity index (χ4n) is 8.22. The molecule has 52 heavy (non-hydrogen) atoms. The Morgan fingerprint density at radius 3 is 2.81 bits per heavy atom. The van der Waals surface area contributed by atoms with E-state index in [0.29, 0.717) is 47.8 Å². The number of aliphatic hydroxyl groups is 1. The Morgan fingerprint density at radius 2 is 2.02 bits per heavy atom. The monoisotopic (exact) mass is 716 g/mol. The summed E-state index contributed by atoms with van der Waals surface area (Å²) < 4.78 is 54.4. The first-order valence-electron chi connectivity index (χ1n) is 17.5. The molecule has 272 valence electrons. The fourth-order valence-corrected chi connectivity index (χ4v) is 8.22. The molecule has 6 heterocycles. The van der Waals surface area contributed by atoms with Crippen LogP contribution in [0, 0.1) is 11.6 Å². The van der Waals surface area contributed by atoms with Crippen LogP contribution in [0.4, 0.5) is 18.0 Å². The van der Waals surface area contributed by atoms with Crippen molar-refractivity contribution in [1.82, 2.24) is 39.8 Å². The predicted octanol–water partition coefficient (Wildman–Crippen LogP) is 5.27. The number of hydrogen-bond donors (Lipinski definition) is 3. The Kier molecular flexibility index (Phi) is 8.54. The Bertz CT molecular complexity index is 2250. The average molecular weight is 717 g/mol. The summed E-state index contributed by atoms with van der Waals surface area (Å²) in [6.07, 6.45) is 1.93. The number of nitrogens with one attached hydrogen (secondary N) is 1. The molecule has 0 saturated carbocycles. The van der Waals surface area contributed by atoms with Crippen molar-refractivity contribution in [2.45, 2.75) is 63.4 Å². The Morgan fingerprint density at radius 1 is 1.19 bits per heavy atom. The second kappa shape index (κ2) is 13.0. The van der Waals surface area contributed by atoms with Crippen LogP contribution in [-0.4, -0.2) is 103 Å². The molecule has 0 bridgehead atoms. The van der Waals surface area contributed by atoms with Crippen molar-refractivity contribution in [2.24, 2.45) is 0 Å². The Hall–Kier alpha value is -4.86. The molecule has 2 aromatic carbocycles. The van der Waals surface area contributed by atoms with E-state index in [0.717, 1.165) is 24.1 Å². The highest BCUT2D eigenvalue weighted by Crippen LogP contribution is 2.43. The lowest BCUT2D eigenvalue weighted by Gasteiger charge is -2.30. The van der Waals surface area contributed by atoms with E-state index in [9.17, 15) is 19.4 Å². The van der Waals surface area contributed by atoms with Gasteiger partial charge >= 0.3 is 12.0 Å². The van der Waals surface area contributed by atoms with Crippen molar-refractivity contribution in [1.29, 1.82) is 0 Å². The van der Waals surface area contributed by atoms with Crippen molar-refractivity contribution in [3.63, 3.8) is 0 Å². The maximum atomic E-state index is 17.2. The average Bonchev–Trinajstić information content (AvgIpc) is 3.74. The molecule has 3 atom stereocenters. The minimum absolute atomic E-state index is 0.0581. The van der Waals surface area contributed by atoms with Crippen LogP contribution in [0.15, 0.2) is 30.5 Å². The van der Waals surface area contributed by atoms with Gasteiger partial charge in [0.2, 0.25) is 0 Å². The molecule has 3 aliphatic rings. The number of carbonyl (C=O) groups is 1. The van der Waals surface area contributed by atoms with Crippen LogP contribution >= 0.6 is 0 Å². The number of hydrogen-bond acceptors (Lipinski definition) is 10. The zero-order valence-electron chi connectivity index (χ0n) is 29.1. The Balaban J connectivity index is 1.38. The number of rotatable bonds is 6. The zero-order chi connectivity index (χ0) is 36.5. The quantitative estimate of drug-likeness (QED) is 0.213. The first-order valence-corrected chi connectivity index (χ1v) is 17.5. The summed E-state index contributed by atoms with van der Waals surface area (Å²) in [6.45, 7) is 3.61. The number of carbonyl (C=O) groups excluding carboxylic acids is 1.